The summed E-state index contributed by atoms with van der Waals surface area (Å²) >= 11 is 0. The van der Waals surface area contributed by atoms with Crippen molar-refractivity contribution in [2.75, 3.05) is 0 Å². The van der Waals surface area contributed by atoms with E-state index in [1.165, 1.54) is 0 Å². The molecule has 0 aliphatic rings. The molecule has 0 bridgehead atoms. The van der Waals surface area contributed by atoms with E-state index < -0.39 is 0 Å². The van der Waals surface area contributed by atoms with E-state index in [9.17, 15) is 4.79 Å². The Labute approximate surface area is 197 Å². The summed E-state index contributed by atoms with van der Waals surface area (Å²) in [5.74, 6) is 0.561. The van der Waals surface area contributed by atoms with Crippen LogP contribution in [0.1, 0.15) is 42.3 Å². The van der Waals surface area contributed by atoms with Gasteiger partial charge in [0.2, 0.25) is 5.82 Å². The molecular formula is C27H26N6O. The number of unbranched alkanes of at least 4 members (excludes halogenated alkanes) is 1. The summed E-state index contributed by atoms with van der Waals surface area (Å²) in [6, 6.07) is 22.1. The molecule has 0 unspecified atom stereocenters. The highest BCUT2D eigenvalue weighted by molar-refractivity contribution is 5.80. The Hall–Kier alpha value is -4.13. The molecule has 5 rings (SSSR count). The second-order valence-electron chi connectivity index (χ2n) is 8.46. The normalized spacial score (nSPS) is 11.2. The van der Waals surface area contributed by atoms with E-state index in [0.717, 1.165) is 58.5 Å². The fraction of sp³-hybridized carbons (Fsp3) is 0.222. The maximum Gasteiger partial charge on any atom is 0.261 e. The zero-order chi connectivity index (χ0) is 23.5. The van der Waals surface area contributed by atoms with Crippen LogP contribution in [-0.2, 0) is 12.8 Å². The number of H-pyrrole nitrogens is 1. The van der Waals surface area contributed by atoms with E-state index in [1.807, 2.05) is 49.4 Å². The lowest BCUT2D eigenvalue weighted by Gasteiger charge is -2.13. The molecule has 5 aromatic rings. The zero-order valence-electron chi connectivity index (χ0n) is 19.3. The summed E-state index contributed by atoms with van der Waals surface area (Å²) in [6.45, 7) is 4.10. The van der Waals surface area contributed by atoms with Gasteiger partial charge in [-0.2, -0.15) is 5.21 Å². The third-order valence-electron chi connectivity index (χ3n) is 6.15. The highest BCUT2D eigenvalue weighted by atomic mass is 16.1. The van der Waals surface area contributed by atoms with Gasteiger partial charge in [-0.3, -0.25) is 9.20 Å². The summed E-state index contributed by atoms with van der Waals surface area (Å²) in [7, 11) is 0. The maximum absolute atomic E-state index is 13.5. The van der Waals surface area contributed by atoms with Gasteiger partial charge in [-0.05, 0) is 53.8 Å². The van der Waals surface area contributed by atoms with E-state index in [1.54, 1.807) is 4.40 Å². The lowest BCUT2D eigenvalue weighted by Crippen LogP contribution is -2.24. The minimum absolute atomic E-state index is 0.0285. The molecule has 0 saturated heterocycles. The third-order valence-corrected chi connectivity index (χ3v) is 6.15. The molecule has 34 heavy (non-hydrogen) atoms. The number of pyridine rings is 1. The summed E-state index contributed by atoms with van der Waals surface area (Å²) < 4.78 is 1.72. The maximum atomic E-state index is 13.5. The van der Waals surface area contributed by atoms with Crippen molar-refractivity contribution in [2.45, 2.75) is 39.5 Å². The molecule has 170 valence electrons. The van der Waals surface area contributed by atoms with Gasteiger partial charge in [-0.15, -0.1) is 10.2 Å². The molecule has 0 saturated carbocycles. The second-order valence-corrected chi connectivity index (χ2v) is 8.46. The van der Waals surface area contributed by atoms with Crippen molar-refractivity contribution in [3.05, 3.63) is 99.6 Å². The second kappa shape index (κ2) is 9.39. The van der Waals surface area contributed by atoms with Gasteiger partial charge in [0.1, 0.15) is 5.65 Å². The Morgan fingerprint density at radius 3 is 2.47 bits per heavy atom. The topological polar surface area (TPSA) is 88.8 Å². The molecule has 0 aliphatic carbocycles. The average Bonchev–Trinajstić information content (AvgIpc) is 3.40. The van der Waals surface area contributed by atoms with Crippen LogP contribution < -0.4 is 5.56 Å². The van der Waals surface area contributed by atoms with Crippen molar-refractivity contribution in [1.82, 2.24) is 30.0 Å². The first kappa shape index (κ1) is 21.7. The van der Waals surface area contributed by atoms with E-state index in [-0.39, 0.29) is 5.56 Å². The molecule has 0 spiro atoms. The lowest BCUT2D eigenvalue weighted by atomic mass is 9.96. The van der Waals surface area contributed by atoms with Gasteiger partial charge in [-0.25, -0.2) is 4.98 Å². The smallest absolute Gasteiger partial charge is 0.261 e. The Bertz CT molecular complexity index is 1490. The van der Waals surface area contributed by atoms with E-state index >= 15 is 0 Å². The van der Waals surface area contributed by atoms with Gasteiger partial charge in [0.15, 0.2) is 0 Å². The summed E-state index contributed by atoms with van der Waals surface area (Å²) in [5.41, 5.74) is 7.40. The van der Waals surface area contributed by atoms with Crippen molar-refractivity contribution in [3.63, 3.8) is 0 Å². The summed E-state index contributed by atoms with van der Waals surface area (Å²) in [6.07, 6.45) is 3.42. The van der Waals surface area contributed by atoms with Gasteiger partial charge in [0.25, 0.3) is 5.56 Å². The molecule has 0 amide bonds. The first-order valence-corrected chi connectivity index (χ1v) is 11.6. The van der Waals surface area contributed by atoms with Crippen LogP contribution in [0.25, 0.3) is 28.2 Å². The van der Waals surface area contributed by atoms with E-state index in [4.69, 9.17) is 4.98 Å². The molecule has 3 heterocycles. The molecule has 3 aromatic heterocycles. The standard InChI is InChI=1S/C27H26N6O/c1-3-4-11-24-23(27(34)33-18(2)8-7-12-25(33)28-24)17-19-13-15-20(16-14-19)21-9-5-6-10-22(21)26-29-31-32-30-26/h5-10,12-16H,3-4,11,17H2,1-2H3,(H,29,30,31,32). The quantitative estimate of drug-likeness (QED) is 0.385. The first-order chi connectivity index (χ1) is 16.7. The van der Waals surface area contributed by atoms with Crippen LogP contribution in [0.15, 0.2) is 71.5 Å². The molecule has 2 aromatic carbocycles. The molecule has 7 heteroatoms. The predicted octanol–water partition coefficient (Wildman–Crippen LogP) is 4.78. The Morgan fingerprint density at radius 2 is 1.74 bits per heavy atom. The average molecular weight is 451 g/mol. The number of hydrogen-bond donors (Lipinski definition) is 1. The molecule has 1 N–H and O–H groups in total. The van der Waals surface area contributed by atoms with Gasteiger partial charge < -0.3 is 0 Å². The number of benzene rings is 2. The monoisotopic (exact) mass is 450 g/mol. The van der Waals surface area contributed by atoms with E-state index in [0.29, 0.717) is 17.9 Å². The van der Waals surface area contributed by atoms with Gasteiger partial charge >= 0.3 is 0 Å². The molecular weight excluding hydrogens is 424 g/mol. The van der Waals surface area contributed by atoms with Crippen molar-refractivity contribution >= 4 is 5.65 Å². The van der Waals surface area contributed by atoms with Crippen LogP contribution in [0.2, 0.25) is 0 Å². The van der Waals surface area contributed by atoms with Crippen molar-refractivity contribution < 1.29 is 0 Å². The van der Waals surface area contributed by atoms with Crippen molar-refractivity contribution in [3.8, 4) is 22.5 Å². The van der Waals surface area contributed by atoms with Crippen molar-refractivity contribution in [1.29, 1.82) is 0 Å². The number of nitrogens with one attached hydrogen (secondary N) is 1. The molecule has 7 nitrogen and oxygen atoms in total. The van der Waals surface area contributed by atoms with Gasteiger partial charge in [-0.1, -0.05) is 67.9 Å². The number of aromatic amines is 1. The Kier molecular flexibility index (Phi) is 5.99. The van der Waals surface area contributed by atoms with Crippen LogP contribution in [-0.4, -0.2) is 30.0 Å². The van der Waals surface area contributed by atoms with Crippen LogP contribution >= 0.6 is 0 Å². The molecule has 0 radical (unpaired) electrons. The Balaban J connectivity index is 1.52. The number of nitrogens with zero attached hydrogens (tertiary/aromatic N) is 5. The van der Waals surface area contributed by atoms with Crippen LogP contribution in [0.3, 0.4) is 0 Å². The van der Waals surface area contributed by atoms with E-state index in [2.05, 4.69) is 51.8 Å². The third kappa shape index (κ3) is 4.12. The number of rotatable bonds is 7. The number of aromatic nitrogens is 6. The first-order valence-electron chi connectivity index (χ1n) is 11.6. The molecule has 0 atom stereocenters. The zero-order valence-corrected chi connectivity index (χ0v) is 19.3. The van der Waals surface area contributed by atoms with Crippen LogP contribution in [0.4, 0.5) is 0 Å². The van der Waals surface area contributed by atoms with Crippen LogP contribution in [0.5, 0.6) is 0 Å². The number of hydrogen-bond acceptors (Lipinski definition) is 5. The Morgan fingerprint density at radius 1 is 0.941 bits per heavy atom. The number of fused-ring (bicyclic) bond motifs is 1. The van der Waals surface area contributed by atoms with Crippen molar-refractivity contribution in [2.24, 2.45) is 0 Å². The minimum atomic E-state index is 0.0285. The van der Waals surface area contributed by atoms with Crippen LogP contribution in [0, 0.1) is 6.92 Å². The fourth-order valence-electron chi connectivity index (χ4n) is 4.36. The lowest BCUT2D eigenvalue weighted by molar-refractivity contribution is 0.759. The highest BCUT2D eigenvalue weighted by Gasteiger charge is 2.15. The number of aryl methyl sites for hydroxylation is 2. The molecule has 0 aliphatic heterocycles. The SMILES string of the molecule is CCCCc1nc2cccc(C)n2c(=O)c1Cc1ccc(-c2ccccc2-c2nn[nH]n2)cc1. The van der Waals surface area contributed by atoms with Gasteiger partial charge in [0, 0.05) is 23.2 Å². The largest absolute Gasteiger partial charge is 0.269 e. The summed E-state index contributed by atoms with van der Waals surface area (Å²) in [5, 5.41) is 14.5. The highest BCUT2D eigenvalue weighted by Crippen LogP contribution is 2.30. The number of tetrazole rings is 1. The summed E-state index contributed by atoms with van der Waals surface area (Å²) in [4.78, 5) is 18.4. The fourth-order valence-corrected chi connectivity index (χ4v) is 4.36. The minimum Gasteiger partial charge on any atom is -0.269 e. The molecule has 0 fully saturated rings. The predicted molar refractivity (Wildman–Crippen MR) is 133 cm³/mol. The van der Waals surface area contributed by atoms with Gasteiger partial charge in [0.05, 0.1) is 5.69 Å².